The fourth-order valence-electron chi connectivity index (χ4n) is 1.59. The topological polar surface area (TPSA) is 66.9 Å². The summed E-state index contributed by atoms with van der Waals surface area (Å²) in [5, 5.41) is 0. The fraction of sp³-hybridized carbons (Fsp3) is 0.700. The predicted octanol–water partition coefficient (Wildman–Crippen LogP) is -0.124. The van der Waals surface area contributed by atoms with Gasteiger partial charge in [-0.1, -0.05) is 0 Å². The molecule has 90 valence electrons. The Balaban J connectivity index is 2.40. The monoisotopic (exact) mass is 228 g/mol. The van der Waals surface area contributed by atoms with E-state index in [0.717, 1.165) is 0 Å². The van der Waals surface area contributed by atoms with Crippen LogP contribution in [-0.2, 0) is 14.3 Å². The Kier molecular flexibility index (Phi) is 4.28. The summed E-state index contributed by atoms with van der Waals surface area (Å²) in [7, 11) is 1.33. The van der Waals surface area contributed by atoms with E-state index in [0.29, 0.717) is 26.2 Å². The third-order valence-electron chi connectivity index (χ3n) is 2.47. The lowest BCUT2D eigenvalue weighted by Crippen LogP contribution is -2.50. The first-order chi connectivity index (χ1) is 7.54. The zero-order valence-electron chi connectivity index (χ0n) is 9.56. The number of methoxy groups -OCH3 is 1. The first-order valence-corrected chi connectivity index (χ1v) is 5.14. The number of ether oxygens (including phenoxy) is 1. The van der Waals surface area contributed by atoms with Gasteiger partial charge in [-0.25, -0.2) is 4.79 Å². The molecule has 0 aliphatic carbocycles. The van der Waals surface area contributed by atoms with Crippen LogP contribution >= 0.6 is 0 Å². The van der Waals surface area contributed by atoms with Crippen molar-refractivity contribution in [2.24, 2.45) is 0 Å². The lowest BCUT2D eigenvalue weighted by Gasteiger charge is -2.33. The van der Waals surface area contributed by atoms with Gasteiger partial charge in [0.05, 0.1) is 13.5 Å². The summed E-state index contributed by atoms with van der Waals surface area (Å²) in [5.41, 5.74) is 0. The van der Waals surface area contributed by atoms with Gasteiger partial charge in [0.25, 0.3) is 0 Å². The number of carbonyl (C=O) groups is 3. The smallest absolute Gasteiger partial charge is 0.409 e. The molecule has 0 atom stereocenters. The maximum Gasteiger partial charge on any atom is 0.409 e. The molecule has 0 aromatic heterocycles. The second-order valence-electron chi connectivity index (χ2n) is 3.72. The highest BCUT2D eigenvalue weighted by molar-refractivity contribution is 5.96. The van der Waals surface area contributed by atoms with Crippen LogP contribution in [0.4, 0.5) is 4.79 Å². The van der Waals surface area contributed by atoms with Crippen molar-refractivity contribution in [3.05, 3.63) is 0 Å². The fourth-order valence-corrected chi connectivity index (χ4v) is 1.59. The summed E-state index contributed by atoms with van der Waals surface area (Å²) in [5.74, 6) is -0.308. The molecule has 2 amide bonds. The molecule has 0 radical (unpaired) electrons. The van der Waals surface area contributed by atoms with E-state index in [4.69, 9.17) is 0 Å². The van der Waals surface area contributed by atoms with Crippen molar-refractivity contribution in [1.82, 2.24) is 9.80 Å². The van der Waals surface area contributed by atoms with E-state index in [1.165, 1.54) is 18.9 Å². The van der Waals surface area contributed by atoms with Crippen LogP contribution in [-0.4, -0.2) is 60.9 Å². The molecule has 0 spiro atoms. The van der Waals surface area contributed by atoms with Crippen LogP contribution < -0.4 is 0 Å². The standard InChI is InChI=1S/C10H16N2O4/c1-8(13)7-9(14)11-3-5-12(6-4-11)10(15)16-2/h3-7H2,1-2H3. The van der Waals surface area contributed by atoms with Gasteiger partial charge in [-0.2, -0.15) is 0 Å². The lowest BCUT2D eigenvalue weighted by molar-refractivity contribution is -0.136. The molecule has 0 saturated carbocycles. The molecule has 0 unspecified atom stereocenters. The van der Waals surface area contributed by atoms with Crippen LogP contribution in [0.2, 0.25) is 0 Å². The van der Waals surface area contributed by atoms with Gasteiger partial charge in [-0.3, -0.25) is 9.59 Å². The van der Waals surface area contributed by atoms with Crippen molar-refractivity contribution >= 4 is 17.8 Å². The number of rotatable bonds is 2. The number of piperazine rings is 1. The Hall–Kier alpha value is -1.59. The Labute approximate surface area is 94.1 Å². The summed E-state index contributed by atoms with van der Waals surface area (Å²) in [6.45, 7) is 3.22. The second-order valence-corrected chi connectivity index (χ2v) is 3.72. The van der Waals surface area contributed by atoms with Crippen molar-refractivity contribution in [1.29, 1.82) is 0 Å². The molecule has 6 nitrogen and oxygen atoms in total. The van der Waals surface area contributed by atoms with E-state index in [1.54, 1.807) is 4.90 Å². The molecular weight excluding hydrogens is 212 g/mol. The molecule has 0 N–H and O–H groups in total. The molecule has 1 aliphatic rings. The second kappa shape index (κ2) is 5.48. The zero-order valence-corrected chi connectivity index (χ0v) is 9.56. The first-order valence-electron chi connectivity index (χ1n) is 5.14. The molecule has 6 heteroatoms. The minimum Gasteiger partial charge on any atom is -0.453 e. The zero-order chi connectivity index (χ0) is 12.1. The summed E-state index contributed by atoms with van der Waals surface area (Å²) >= 11 is 0. The number of ketones is 1. The average molecular weight is 228 g/mol. The van der Waals surface area contributed by atoms with Crippen LogP contribution in [0.3, 0.4) is 0 Å². The Bertz CT molecular complexity index is 295. The largest absolute Gasteiger partial charge is 0.453 e. The Morgan fingerprint density at radius 3 is 2.00 bits per heavy atom. The molecular formula is C10H16N2O4. The van der Waals surface area contributed by atoms with E-state index in [-0.39, 0.29) is 24.2 Å². The van der Waals surface area contributed by atoms with Gasteiger partial charge < -0.3 is 14.5 Å². The molecule has 1 saturated heterocycles. The molecule has 1 fully saturated rings. The highest BCUT2D eigenvalue weighted by Gasteiger charge is 2.24. The molecule has 1 rings (SSSR count). The van der Waals surface area contributed by atoms with Crippen LogP contribution in [0.5, 0.6) is 0 Å². The third-order valence-corrected chi connectivity index (χ3v) is 2.47. The van der Waals surface area contributed by atoms with Gasteiger partial charge in [-0.05, 0) is 6.92 Å². The number of hydrogen-bond donors (Lipinski definition) is 0. The maximum atomic E-state index is 11.5. The van der Waals surface area contributed by atoms with Crippen LogP contribution in [0.25, 0.3) is 0 Å². The minimum atomic E-state index is -0.376. The van der Waals surface area contributed by atoms with Gasteiger partial charge in [0.2, 0.25) is 5.91 Å². The Morgan fingerprint density at radius 1 is 1.06 bits per heavy atom. The van der Waals surface area contributed by atoms with Crippen LogP contribution in [0, 0.1) is 0 Å². The summed E-state index contributed by atoms with van der Waals surface area (Å²) in [4.78, 5) is 36.6. The van der Waals surface area contributed by atoms with Gasteiger partial charge >= 0.3 is 6.09 Å². The normalized spacial score (nSPS) is 15.9. The predicted molar refractivity (Wildman–Crippen MR) is 55.9 cm³/mol. The Morgan fingerprint density at radius 2 is 1.56 bits per heavy atom. The number of amides is 2. The van der Waals surface area contributed by atoms with Gasteiger partial charge in [0.1, 0.15) is 5.78 Å². The van der Waals surface area contributed by atoms with Crippen LogP contribution in [0.15, 0.2) is 0 Å². The van der Waals surface area contributed by atoms with Gasteiger partial charge in [-0.15, -0.1) is 0 Å². The maximum absolute atomic E-state index is 11.5. The van der Waals surface area contributed by atoms with E-state index in [1.807, 2.05) is 0 Å². The number of nitrogens with zero attached hydrogens (tertiary/aromatic N) is 2. The highest BCUT2D eigenvalue weighted by Crippen LogP contribution is 2.05. The minimum absolute atomic E-state index is 0.0573. The molecule has 1 aliphatic heterocycles. The number of hydrogen-bond acceptors (Lipinski definition) is 4. The molecule has 16 heavy (non-hydrogen) atoms. The third kappa shape index (κ3) is 3.22. The van der Waals surface area contributed by atoms with Crippen LogP contribution in [0.1, 0.15) is 13.3 Å². The van der Waals surface area contributed by atoms with Crippen molar-refractivity contribution < 1.29 is 19.1 Å². The molecule has 1 heterocycles. The molecule has 0 aromatic rings. The van der Waals surface area contributed by atoms with Crippen molar-refractivity contribution in [3.63, 3.8) is 0 Å². The quantitative estimate of drug-likeness (QED) is 0.618. The van der Waals surface area contributed by atoms with E-state index in [9.17, 15) is 14.4 Å². The van der Waals surface area contributed by atoms with E-state index in [2.05, 4.69) is 4.74 Å². The van der Waals surface area contributed by atoms with Crippen molar-refractivity contribution in [2.45, 2.75) is 13.3 Å². The highest BCUT2D eigenvalue weighted by atomic mass is 16.5. The lowest BCUT2D eigenvalue weighted by atomic mass is 10.2. The molecule has 0 aromatic carbocycles. The SMILES string of the molecule is COC(=O)N1CCN(C(=O)CC(C)=O)CC1. The summed E-state index contributed by atoms with van der Waals surface area (Å²) in [6, 6.07) is 0. The first kappa shape index (κ1) is 12.5. The molecule has 0 bridgehead atoms. The van der Waals surface area contributed by atoms with Gasteiger partial charge in [0, 0.05) is 26.2 Å². The summed E-state index contributed by atoms with van der Waals surface area (Å²) < 4.78 is 4.58. The van der Waals surface area contributed by atoms with Gasteiger partial charge in [0.15, 0.2) is 0 Å². The average Bonchev–Trinajstić information content (AvgIpc) is 2.27. The summed E-state index contributed by atoms with van der Waals surface area (Å²) in [6.07, 6.45) is -0.434. The van der Waals surface area contributed by atoms with Crippen molar-refractivity contribution in [2.75, 3.05) is 33.3 Å². The van der Waals surface area contributed by atoms with Crippen molar-refractivity contribution in [3.8, 4) is 0 Å². The number of carbonyl (C=O) groups excluding carboxylic acids is 3. The number of Topliss-reactive ketones (excluding diaryl/α,β-unsaturated/α-hetero) is 1. The van der Waals surface area contributed by atoms with E-state index >= 15 is 0 Å². The van der Waals surface area contributed by atoms with E-state index < -0.39 is 0 Å².